The van der Waals surface area contributed by atoms with E-state index in [4.69, 9.17) is 0 Å². The molecule has 8 heteroatoms. The number of aliphatic carboxylic acids is 1. The van der Waals surface area contributed by atoms with Gasteiger partial charge in [0.15, 0.2) is 0 Å². The first kappa shape index (κ1) is 15.9. The predicted molar refractivity (Wildman–Crippen MR) is 86.5 cm³/mol. The van der Waals surface area contributed by atoms with Gasteiger partial charge < -0.3 is 10.0 Å². The monoisotopic (exact) mass is 428 g/mol. The van der Waals surface area contributed by atoms with E-state index >= 15 is 0 Å². The maximum absolute atomic E-state index is 12.8. The molecule has 2 atom stereocenters. The van der Waals surface area contributed by atoms with Gasteiger partial charge in [-0.1, -0.05) is 12.1 Å². The Labute approximate surface area is 145 Å². The Morgan fingerprint density at radius 2 is 2.09 bits per heavy atom. The lowest BCUT2D eigenvalue weighted by molar-refractivity contribution is -0.141. The minimum atomic E-state index is -1.05. The highest BCUT2D eigenvalue weighted by molar-refractivity contribution is 14.1. The molecular formula is C15H13IN2O5. The van der Waals surface area contributed by atoms with E-state index in [9.17, 15) is 24.3 Å². The molecule has 0 bridgehead atoms. The lowest BCUT2D eigenvalue weighted by atomic mass is 9.99. The molecule has 3 rings (SSSR count). The van der Waals surface area contributed by atoms with Crippen molar-refractivity contribution in [2.45, 2.75) is 31.3 Å². The van der Waals surface area contributed by atoms with Crippen molar-refractivity contribution in [3.63, 3.8) is 0 Å². The Morgan fingerprint density at radius 3 is 2.74 bits per heavy atom. The topological polar surface area (TPSA) is 104 Å². The number of rotatable bonds is 3. The molecule has 2 aliphatic heterocycles. The second-order valence-electron chi connectivity index (χ2n) is 5.50. The fourth-order valence-corrected chi connectivity index (χ4v) is 3.89. The third kappa shape index (κ3) is 2.71. The molecule has 2 heterocycles. The average molecular weight is 428 g/mol. The first-order valence-electron chi connectivity index (χ1n) is 7.06. The molecule has 2 N–H and O–H groups in total. The highest BCUT2D eigenvalue weighted by Crippen LogP contribution is 2.40. The number of hydrogen-bond donors (Lipinski definition) is 2. The van der Waals surface area contributed by atoms with Gasteiger partial charge in [0, 0.05) is 9.99 Å². The van der Waals surface area contributed by atoms with Gasteiger partial charge in [-0.3, -0.25) is 24.5 Å². The zero-order valence-electron chi connectivity index (χ0n) is 11.9. The summed E-state index contributed by atoms with van der Waals surface area (Å²) >= 11 is 2.02. The number of hydrogen-bond acceptors (Lipinski definition) is 4. The predicted octanol–water partition coefficient (Wildman–Crippen LogP) is 1.07. The Kier molecular flexibility index (Phi) is 4.09. The average Bonchev–Trinajstić information content (AvgIpc) is 2.73. The van der Waals surface area contributed by atoms with Crippen molar-refractivity contribution in [2.75, 3.05) is 0 Å². The van der Waals surface area contributed by atoms with Crippen molar-refractivity contribution in [2.24, 2.45) is 0 Å². The van der Waals surface area contributed by atoms with Crippen LogP contribution in [0.1, 0.15) is 41.2 Å². The van der Waals surface area contributed by atoms with Crippen molar-refractivity contribution in [1.82, 2.24) is 10.2 Å². The molecule has 1 saturated heterocycles. The van der Waals surface area contributed by atoms with Crippen molar-refractivity contribution >= 4 is 46.3 Å². The number of nitrogens with one attached hydrogen (secondary N) is 1. The molecular weight excluding hydrogens is 415 g/mol. The number of carbonyl (C=O) groups excluding carboxylic acids is 3. The summed E-state index contributed by atoms with van der Waals surface area (Å²) in [6.07, 6.45) is 0.0566. The molecule has 0 spiro atoms. The summed E-state index contributed by atoms with van der Waals surface area (Å²) in [5, 5.41) is 11.4. The molecule has 0 saturated carbocycles. The molecule has 120 valence electrons. The number of carboxylic acids is 1. The number of carbonyl (C=O) groups is 4. The Bertz CT molecular complexity index is 733. The summed E-state index contributed by atoms with van der Waals surface area (Å²) in [5.41, 5.74) is 1.07. The Hall–Kier alpha value is -1.97. The number of carboxylic acid groups (broad SMARTS) is 1. The number of halogens is 1. The molecule has 2 unspecified atom stereocenters. The minimum absolute atomic E-state index is 0.132. The van der Waals surface area contributed by atoms with E-state index in [0.29, 0.717) is 11.1 Å². The standard InChI is InChI=1S/C15H13IN2O5/c16-8-3-1-2-7-10(6-12(20)21)18(15(23)13(7)8)9-4-5-11(19)17-14(9)22/h1-3,9-10H,4-6H2,(H,20,21)(H,17,19,22). The van der Waals surface area contributed by atoms with Crippen LogP contribution >= 0.6 is 22.6 Å². The molecule has 3 amide bonds. The molecule has 0 aromatic heterocycles. The molecule has 23 heavy (non-hydrogen) atoms. The van der Waals surface area contributed by atoms with Crippen molar-refractivity contribution in [1.29, 1.82) is 0 Å². The van der Waals surface area contributed by atoms with Crippen LogP contribution in [0, 0.1) is 3.57 Å². The summed E-state index contributed by atoms with van der Waals surface area (Å²) in [7, 11) is 0. The summed E-state index contributed by atoms with van der Waals surface area (Å²) in [4.78, 5) is 48.8. The Morgan fingerprint density at radius 1 is 1.35 bits per heavy atom. The number of piperidine rings is 1. The normalized spacial score (nSPS) is 23.7. The largest absolute Gasteiger partial charge is 0.481 e. The van der Waals surface area contributed by atoms with E-state index in [2.05, 4.69) is 5.32 Å². The lowest BCUT2D eigenvalue weighted by Crippen LogP contribution is -2.53. The highest BCUT2D eigenvalue weighted by atomic mass is 127. The second kappa shape index (κ2) is 5.91. The van der Waals surface area contributed by atoms with E-state index in [-0.39, 0.29) is 31.1 Å². The van der Waals surface area contributed by atoms with Crippen LogP contribution in [0.4, 0.5) is 0 Å². The van der Waals surface area contributed by atoms with Crippen LogP contribution in [0.15, 0.2) is 18.2 Å². The molecule has 1 fully saturated rings. The van der Waals surface area contributed by atoms with E-state index in [0.717, 1.165) is 3.57 Å². The number of imide groups is 1. The third-order valence-electron chi connectivity index (χ3n) is 4.10. The van der Waals surface area contributed by atoms with Crippen LogP contribution in [-0.2, 0) is 14.4 Å². The summed E-state index contributed by atoms with van der Waals surface area (Å²) < 4.78 is 0.718. The molecule has 0 radical (unpaired) electrons. The van der Waals surface area contributed by atoms with Crippen LogP contribution in [0.2, 0.25) is 0 Å². The zero-order valence-corrected chi connectivity index (χ0v) is 14.1. The van der Waals surface area contributed by atoms with Crippen LogP contribution in [0.25, 0.3) is 0 Å². The van der Waals surface area contributed by atoms with Gasteiger partial charge in [-0.05, 0) is 40.6 Å². The fraction of sp³-hybridized carbons (Fsp3) is 0.333. The lowest BCUT2D eigenvalue weighted by Gasteiger charge is -2.33. The molecule has 2 aliphatic rings. The maximum atomic E-state index is 12.8. The number of benzene rings is 1. The summed E-state index contributed by atoms with van der Waals surface area (Å²) in [5.74, 6) is -2.33. The van der Waals surface area contributed by atoms with Gasteiger partial charge in [-0.15, -0.1) is 0 Å². The zero-order chi connectivity index (χ0) is 16.7. The maximum Gasteiger partial charge on any atom is 0.305 e. The van der Waals surface area contributed by atoms with E-state index in [1.165, 1.54) is 4.90 Å². The van der Waals surface area contributed by atoms with Crippen LogP contribution in [0.5, 0.6) is 0 Å². The first-order valence-corrected chi connectivity index (χ1v) is 8.14. The van der Waals surface area contributed by atoms with Crippen molar-refractivity contribution in [3.05, 3.63) is 32.9 Å². The quantitative estimate of drug-likeness (QED) is 0.554. The smallest absolute Gasteiger partial charge is 0.305 e. The van der Waals surface area contributed by atoms with Crippen LogP contribution < -0.4 is 5.32 Å². The fourth-order valence-electron chi connectivity index (χ4n) is 3.14. The molecule has 1 aromatic rings. The second-order valence-corrected chi connectivity index (χ2v) is 6.66. The van der Waals surface area contributed by atoms with E-state index < -0.39 is 24.0 Å². The minimum Gasteiger partial charge on any atom is -0.481 e. The first-order chi connectivity index (χ1) is 10.9. The number of nitrogens with zero attached hydrogens (tertiary/aromatic N) is 1. The van der Waals surface area contributed by atoms with Gasteiger partial charge in [0.1, 0.15) is 6.04 Å². The SMILES string of the molecule is O=C(O)CC1c2cccc(I)c2C(=O)N1C1CCC(=O)NC1=O. The number of amides is 3. The van der Waals surface area contributed by atoms with Gasteiger partial charge in [-0.2, -0.15) is 0 Å². The van der Waals surface area contributed by atoms with Crippen molar-refractivity contribution in [3.8, 4) is 0 Å². The summed E-state index contributed by atoms with van der Waals surface area (Å²) in [6, 6.07) is 3.72. The Balaban J connectivity index is 2.03. The van der Waals surface area contributed by atoms with Crippen LogP contribution in [-0.4, -0.2) is 39.7 Å². The molecule has 0 aliphatic carbocycles. The van der Waals surface area contributed by atoms with Crippen LogP contribution in [0.3, 0.4) is 0 Å². The van der Waals surface area contributed by atoms with Crippen molar-refractivity contribution < 1.29 is 24.3 Å². The summed E-state index contributed by atoms with van der Waals surface area (Å²) in [6.45, 7) is 0. The van der Waals surface area contributed by atoms with E-state index in [1.54, 1.807) is 18.2 Å². The van der Waals surface area contributed by atoms with Gasteiger partial charge in [0.05, 0.1) is 18.0 Å². The number of fused-ring (bicyclic) bond motifs is 1. The van der Waals surface area contributed by atoms with Gasteiger partial charge in [0.2, 0.25) is 11.8 Å². The van der Waals surface area contributed by atoms with Gasteiger partial charge >= 0.3 is 5.97 Å². The van der Waals surface area contributed by atoms with Gasteiger partial charge in [0.25, 0.3) is 5.91 Å². The third-order valence-corrected chi connectivity index (χ3v) is 5.00. The molecule has 1 aromatic carbocycles. The van der Waals surface area contributed by atoms with E-state index in [1.807, 2.05) is 22.6 Å². The molecule has 7 nitrogen and oxygen atoms in total. The highest BCUT2D eigenvalue weighted by Gasteiger charge is 2.46. The van der Waals surface area contributed by atoms with Gasteiger partial charge in [-0.25, -0.2) is 0 Å².